The van der Waals surface area contributed by atoms with Crippen molar-refractivity contribution in [3.05, 3.63) is 22.4 Å². The fourth-order valence-corrected chi connectivity index (χ4v) is 2.08. The van der Waals surface area contributed by atoms with Crippen molar-refractivity contribution in [3.8, 4) is 0 Å². The zero-order valence-corrected chi connectivity index (χ0v) is 11.4. The zero-order valence-electron chi connectivity index (χ0n) is 10.7. The molecule has 0 saturated carbocycles. The summed E-state index contributed by atoms with van der Waals surface area (Å²) in [6.07, 6.45) is 2.05. The highest BCUT2D eigenvalue weighted by molar-refractivity contribution is 6.32. The monoisotopic (exact) mass is 252 g/mol. The topological polar surface area (TPSA) is 43.1 Å². The number of hydrogen-bond donors (Lipinski definition) is 0. The lowest BCUT2D eigenvalue weighted by atomic mass is 10.1. The van der Waals surface area contributed by atoms with E-state index in [4.69, 9.17) is 11.6 Å². The molecule has 0 bridgehead atoms. The van der Waals surface area contributed by atoms with Gasteiger partial charge < -0.3 is 0 Å². The van der Waals surface area contributed by atoms with Crippen molar-refractivity contribution < 1.29 is 0 Å². The summed E-state index contributed by atoms with van der Waals surface area (Å²) in [6.45, 7) is 8.37. The number of halogens is 1. The van der Waals surface area contributed by atoms with Gasteiger partial charge >= 0.3 is 0 Å². The highest BCUT2D eigenvalue weighted by Crippen LogP contribution is 2.20. The Hall–Kier alpha value is -1.16. The number of aromatic nitrogens is 4. The largest absolute Gasteiger partial charge is 0.279 e. The average molecular weight is 253 g/mol. The molecular weight excluding hydrogens is 236 g/mol. The Morgan fingerprint density at radius 3 is 2.65 bits per heavy atom. The predicted molar refractivity (Wildman–Crippen MR) is 68.4 cm³/mol. The zero-order chi connectivity index (χ0) is 12.6. The fraction of sp³-hybridized carbons (Fsp3) is 0.583. The summed E-state index contributed by atoms with van der Waals surface area (Å²) >= 11 is 6.08. The molecule has 0 fully saturated rings. The maximum Gasteiger partial charge on any atom is 0.198 e. The molecular formula is C12H17ClN4. The molecule has 0 N–H and O–H groups in total. The Morgan fingerprint density at radius 1 is 1.29 bits per heavy atom. The SMILES string of the molecule is CCC(C)Cc1nnc2c(Cl)nc(C)c(C)n12. The lowest BCUT2D eigenvalue weighted by Gasteiger charge is -2.09. The van der Waals surface area contributed by atoms with Crippen molar-refractivity contribution in [2.75, 3.05) is 0 Å². The van der Waals surface area contributed by atoms with E-state index in [2.05, 4.69) is 29.0 Å². The van der Waals surface area contributed by atoms with Gasteiger partial charge in [-0.3, -0.25) is 4.40 Å². The Bertz CT molecular complexity index is 547. The van der Waals surface area contributed by atoms with Gasteiger partial charge in [-0.2, -0.15) is 0 Å². The first-order valence-corrected chi connectivity index (χ1v) is 6.29. The highest BCUT2D eigenvalue weighted by Gasteiger charge is 2.15. The molecule has 0 aliphatic carbocycles. The van der Waals surface area contributed by atoms with Gasteiger partial charge in [0.05, 0.1) is 5.69 Å². The second-order valence-corrected chi connectivity index (χ2v) is 4.92. The van der Waals surface area contributed by atoms with E-state index in [1.165, 1.54) is 0 Å². The molecule has 1 unspecified atom stereocenters. The Kier molecular flexibility index (Phi) is 3.33. The normalized spacial score (nSPS) is 13.2. The summed E-state index contributed by atoms with van der Waals surface area (Å²) in [5.41, 5.74) is 2.65. The van der Waals surface area contributed by atoms with Crippen LogP contribution in [0.3, 0.4) is 0 Å². The lowest BCUT2D eigenvalue weighted by molar-refractivity contribution is 0.539. The minimum absolute atomic E-state index is 0.427. The van der Waals surface area contributed by atoms with Gasteiger partial charge in [-0.15, -0.1) is 10.2 Å². The van der Waals surface area contributed by atoms with Crippen LogP contribution < -0.4 is 0 Å². The predicted octanol–water partition coefficient (Wildman–Crippen LogP) is 2.98. The molecule has 2 aromatic rings. The molecule has 17 heavy (non-hydrogen) atoms. The van der Waals surface area contributed by atoms with Crippen molar-refractivity contribution in [1.82, 2.24) is 19.6 Å². The Balaban J connectivity index is 2.59. The Morgan fingerprint density at radius 2 is 2.00 bits per heavy atom. The molecule has 4 nitrogen and oxygen atoms in total. The van der Waals surface area contributed by atoms with E-state index in [9.17, 15) is 0 Å². The summed E-state index contributed by atoms with van der Waals surface area (Å²) in [4.78, 5) is 4.26. The van der Waals surface area contributed by atoms with E-state index in [1.807, 2.05) is 18.2 Å². The average Bonchev–Trinajstić information content (AvgIpc) is 2.70. The van der Waals surface area contributed by atoms with Crippen LogP contribution in [0.2, 0.25) is 5.15 Å². The standard InChI is InChI=1S/C12H17ClN4/c1-5-7(2)6-10-15-16-12-11(13)14-8(3)9(4)17(10)12/h7H,5-6H2,1-4H3. The first kappa shape index (κ1) is 12.3. The minimum Gasteiger partial charge on any atom is -0.279 e. The third-order valence-corrected chi connectivity index (χ3v) is 3.52. The van der Waals surface area contributed by atoms with Crippen molar-refractivity contribution in [3.63, 3.8) is 0 Å². The minimum atomic E-state index is 0.427. The first-order chi connectivity index (χ1) is 8.04. The van der Waals surface area contributed by atoms with Crippen LogP contribution in [-0.2, 0) is 6.42 Å². The molecule has 0 saturated heterocycles. The quantitative estimate of drug-likeness (QED) is 0.844. The van der Waals surface area contributed by atoms with Crippen LogP contribution in [0.4, 0.5) is 0 Å². The van der Waals surface area contributed by atoms with Gasteiger partial charge in [0.15, 0.2) is 10.8 Å². The highest BCUT2D eigenvalue weighted by atomic mass is 35.5. The van der Waals surface area contributed by atoms with Crippen molar-refractivity contribution in [2.24, 2.45) is 5.92 Å². The molecule has 0 radical (unpaired) electrons. The van der Waals surface area contributed by atoms with Crippen LogP contribution in [0.5, 0.6) is 0 Å². The van der Waals surface area contributed by atoms with E-state index in [1.54, 1.807) is 0 Å². The van der Waals surface area contributed by atoms with E-state index in [0.717, 1.165) is 30.1 Å². The number of aryl methyl sites for hydroxylation is 2. The van der Waals surface area contributed by atoms with Gasteiger partial charge in [0.25, 0.3) is 0 Å². The van der Waals surface area contributed by atoms with Gasteiger partial charge in [-0.05, 0) is 19.8 Å². The number of hydrogen-bond acceptors (Lipinski definition) is 3. The molecule has 2 rings (SSSR count). The van der Waals surface area contributed by atoms with E-state index < -0.39 is 0 Å². The summed E-state index contributed by atoms with van der Waals surface area (Å²) in [5.74, 6) is 1.56. The van der Waals surface area contributed by atoms with E-state index in [0.29, 0.717) is 16.7 Å². The Labute approximate surface area is 106 Å². The summed E-state index contributed by atoms with van der Waals surface area (Å²) < 4.78 is 2.02. The number of fused-ring (bicyclic) bond motifs is 1. The smallest absolute Gasteiger partial charge is 0.198 e. The third-order valence-electron chi connectivity index (χ3n) is 3.27. The summed E-state index contributed by atoms with van der Waals surface area (Å²) in [7, 11) is 0. The van der Waals surface area contributed by atoms with Crippen LogP contribution in [0.25, 0.3) is 5.65 Å². The maximum atomic E-state index is 6.08. The second-order valence-electron chi connectivity index (χ2n) is 4.57. The first-order valence-electron chi connectivity index (χ1n) is 5.91. The molecule has 0 aliphatic heterocycles. The van der Waals surface area contributed by atoms with Gasteiger partial charge in [0.1, 0.15) is 5.82 Å². The third kappa shape index (κ3) is 2.14. The maximum absolute atomic E-state index is 6.08. The van der Waals surface area contributed by atoms with Crippen LogP contribution in [0.1, 0.15) is 37.5 Å². The van der Waals surface area contributed by atoms with Crippen LogP contribution >= 0.6 is 11.6 Å². The lowest BCUT2D eigenvalue weighted by Crippen LogP contribution is -2.07. The molecule has 0 spiro atoms. The summed E-state index contributed by atoms with van der Waals surface area (Å²) in [5, 5.41) is 8.79. The van der Waals surface area contributed by atoms with Crippen LogP contribution in [-0.4, -0.2) is 19.6 Å². The number of nitrogens with zero attached hydrogens (tertiary/aromatic N) is 4. The molecule has 0 aliphatic rings. The van der Waals surface area contributed by atoms with Gasteiger partial charge in [-0.25, -0.2) is 4.98 Å². The van der Waals surface area contributed by atoms with Gasteiger partial charge in [0.2, 0.25) is 0 Å². The van der Waals surface area contributed by atoms with Crippen LogP contribution in [0.15, 0.2) is 0 Å². The molecule has 2 heterocycles. The van der Waals surface area contributed by atoms with Crippen molar-refractivity contribution in [2.45, 2.75) is 40.5 Å². The van der Waals surface area contributed by atoms with Gasteiger partial charge in [0, 0.05) is 12.1 Å². The molecule has 0 amide bonds. The fourth-order valence-electron chi connectivity index (χ4n) is 1.83. The molecule has 0 aromatic carbocycles. The van der Waals surface area contributed by atoms with Crippen molar-refractivity contribution >= 4 is 17.2 Å². The second kappa shape index (κ2) is 4.61. The van der Waals surface area contributed by atoms with Crippen LogP contribution in [0, 0.1) is 19.8 Å². The molecule has 92 valence electrons. The van der Waals surface area contributed by atoms with E-state index >= 15 is 0 Å². The van der Waals surface area contributed by atoms with Crippen molar-refractivity contribution in [1.29, 1.82) is 0 Å². The van der Waals surface area contributed by atoms with E-state index in [-0.39, 0.29) is 0 Å². The van der Waals surface area contributed by atoms with Gasteiger partial charge in [-0.1, -0.05) is 31.9 Å². The molecule has 2 aromatic heterocycles. The molecule has 5 heteroatoms. The number of rotatable bonds is 3. The molecule has 1 atom stereocenters. The summed E-state index contributed by atoms with van der Waals surface area (Å²) in [6, 6.07) is 0.